The molecule has 1 aliphatic carbocycles. The second-order valence-corrected chi connectivity index (χ2v) is 9.77. The number of aromatic nitrogens is 4. The van der Waals surface area contributed by atoms with Gasteiger partial charge in [0.1, 0.15) is 11.6 Å². The third-order valence-corrected chi connectivity index (χ3v) is 6.33. The van der Waals surface area contributed by atoms with E-state index in [-0.39, 0.29) is 23.1 Å². The Kier molecular flexibility index (Phi) is 8.78. The third kappa shape index (κ3) is 6.94. The molecule has 0 aliphatic heterocycles. The highest BCUT2D eigenvalue weighted by atomic mass is 19.1. The summed E-state index contributed by atoms with van der Waals surface area (Å²) in [5.74, 6) is -0.332. The first-order chi connectivity index (χ1) is 19.7. The van der Waals surface area contributed by atoms with Crippen molar-refractivity contribution in [3.8, 4) is 28.7 Å². The minimum absolute atomic E-state index is 0.0236. The molecule has 0 atom stereocenters. The number of halogens is 1. The van der Waals surface area contributed by atoms with Crippen molar-refractivity contribution >= 4 is 23.3 Å². The number of carbonyl (C=O) groups excluding carboxylic acids is 2. The number of pyridine rings is 2. The normalized spacial score (nSPS) is 12.4. The van der Waals surface area contributed by atoms with E-state index < -0.39 is 17.1 Å². The van der Waals surface area contributed by atoms with Gasteiger partial charge < -0.3 is 10.6 Å². The monoisotopic (exact) mass is 551 g/mol. The van der Waals surface area contributed by atoms with E-state index in [9.17, 15) is 19.2 Å². The molecule has 3 heterocycles. The highest BCUT2D eigenvalue weighted by Crippen LogP contribution is 2.31. The summed E-state index contributed by atoms with van der Waals surface area (Å²) in [6, 6.07) is 14.6. The number of hydrogen-bond donors (Lipinski definition) is 2. The lowest BCUT2D eigenvalue weighted by Gasteiger charge is -2.15. The van der Waals surface area contributed by atoms with Crippen LogP contribution in [0.3, 0.4) is 0 Å². The Hall–Kier alpha value is -5.04. The number of nitrogens with one attached hydrogen (secondary N) is 2. The fraction of sp³-hybridized carbons (Fsp3) is 0.258. The Labute approximate surface area is 237 Å². The minimum atomic E-state index is -0.884. The maximum atomic E-state index is 14.7. The van der Waals surface area contributed by atoms with Gasteiger partial charge in [-0.3, -0.25) is 14.6 Å². The maximum Gasteiger partial charge on any atom is 0.255 e. The molecule has 1 fully saturated rings. The van der Waals surface area contributed by atoms with E-state index in [2.05, 4.69) is 36.6 Å². The lowest BCUT2D eigenvalue weighted by atomic mass is 9.90. The average Bonchev–Trinajstić information content (AvgIpc) is 3.86. The van der Waals surface area contributed by atoms with E-state index in [1.807, 2.05) is 13.8 Å². The van der Waals surface area contributed by atoms with Crippen LogP contribution in [0.5, 0.6) is 0 Å². The van der Waals surface area contributed by atoms with Crippen LogP contribution in [0, 0.1) is 23.1 Å². The Balaban J connectivity index is 0.00000189. The highest BCUT2D eigenvalue weighted by molar-refractivity contribution is 6.04. The van der Waals surface area contributed by atoms with E-state index in [1.165, 1.54) is 30.5 Å². The van der Waals surface area contributed by atoms with Crippen LogP contribution < -0.4 is 10.6 Å². The number of carbonyl (C=O) groups is 2. The molecule has 2 N–H and O–H groups in total. The molecule has 41 heavy (non-hydrogen) atoms. The molecule has 10 heteroatoms. The molecule has 9 nitrogen and oxygen atoms in total. The molecule has 208 valence electrons. The summed E-state index contributed by atoms with van der Waals surface area (Å²) in [4.78, 5) is 42.4. The molecular formula is C31H30FN7O2. The summed E-state index contributed by atoms with van der Waals surface area (Å²) in [6.07, 6.45) is 6.37. The van der Waals surface area contributed by atoms with Crippen LogP contribution in [0.25, 0.3) is 22.6 Å². The molecular weight excluding hydrogens is 521 g/mol. The van der Waals surface area contributed by atoms with Gasteiger partial charge in [-0.2, -0.15) is 5.26 Å². The van der Waals surface area contributed by atoms with Crippen molar-refractivity contribution in [2.24, 2.45) is 5.92 Å². The van der Waals surface area contributed by atoms with Crippen molar-refractivity contribution in [2.75, 3.05) is 10.6 Å². The molecule has 0 radical (unpaired) electrons. The lowest BCUT2D eigenvalue weighted by Crippen LogP contribution is -2.19. The lowest BCUT2D eigenvalue weighted by molar-refractivity contribution is -0.117. The van der Waals surface area contributed by atoms with E-state index in [0.717, 1.165) is 12.8 Å². The maximum absolute atomic E-state index is 14.7. The van der Waals surface area contributed by atoms with Crippen LogP contribution in [0.15, 0.2) is 67.1 Å². The minimum Gasteiger partial charge on any atom is -0.319 e. The molecule has 3 aromatic heterocycles. The van der Waals surface area contributed by atoms with Gasteiger partial charge in [-0.05, 0) is 75.2 Å². The van der Waals surface area contributed by atoms with E-state index in [1.54, 1.807) is 50.5 Å². The number of amides is 2. The first kappa shape index (κ1) is 29.0. The van der Waals surface area contributed by atoms with Crippen molar-refractivity contribution in [1.29, 1.82) is 5.26 Å². The van der Waals surface area contributed by atoms with Crippen molar-refractivity contribution in [3.05, 3.63) is 84.2 Å². The predicted molar refractivity (Wildman–Crippen MR) is 154 cm³/mol. The quantitative estimate of drug-likeness (QED) is 0.281. The van der Waals surface area contributed by atoms with Crippen LogP contribution in [0.4, 0.5) is 15.9 Å². The van der Waals surface area contributed by atoms with Gasteiger partial charge in [0.25, 0.3) is 5.91 Å². The summed E-state index contributed by atoms with van der Waals surface area (Å²) in [5.41, 5.74) is 1.51. The first-order valence-corrected chi connectivity index (χ1v) is 13.3. The van der Waals surface area contributed by atoms with Crippen LogP contribution in [-0.4, -0.2) is 31.8 Å². The molecule has 0 bridgehead atoms. The summed E-state index contributed by atoms with van der Waals surface area (Å²) in [5, 5.41) is 14.8. The zero-order chi connectivity index (χ0) is 29.6. The second-order valence-electron chi connectivity index (χ2n) is 9.77. The Morgan fingerprint density at radius 1 is 0.927 bits per heavy atom. The SMILES string of the molecule is CC.CC(C)(C#N)c1cc(C(=O)Nc2cc(-c3ccnc(-c4ccnc(NC(=O)C5CC5)c4)n3)ccc2F)ccn1. The number of nitrogens with zero attached hydrogens (tertiary/aromatic N) is 5. The van der Waals surface area contributed by atoms with Gasteiger partial charge in [0.15, 0.2) is 5.82 Å². The Bertz CT molecular complexity index is 1630. The van der Waals surface area contributed by atoms with Gasteiger partial charge in [-0.1, -0.05) is 13.8 Å². The zero-order valence-corrected chi connectivity index (χ0v) is 23.3. The van der Waals surface area contributed by atoms with Crippen LogP contribution in [-0.2, 0) is 10.2 Å². The van der Waals surface area contributed by atoms with Crippen LogP contribution in [0.2, 0.25) is 0 Å². The van der Waals surface area contributed by atoms with E-state index >= 15 is 0 Å². The van der Waals surface area contributed by atoms with Gasteiger partial charge in [0.2, 0.25) is 5.91 Å². The highest BCUT2D eigenvalue weighted by Gasteiger charge is 2.30. The topological polar surface area (TPSA) is 134 Å². The average molecular weight is 552 g/mol. The largest absolute Gasteiger partial charge is 0.319 e. The third-order valence-electron chi connectivity index (χ3n) is 6.33. The van der Waals surface area contributed by atoms with E-state index in [4.69, 9.17) is 0 Å². The van der Waals surface area contributed by atoms with Gasteiger partial charge >= 0.3 is 0 Å². The van der Waals surface area contributed by atoms with Gasteiger partial charge in [0, 0.05) is 41.2 Å². The standard InChI is InChI=1S/C29H24FN7O2.C2H6/c1-29(2,16-31)24-14-20(8-10-32-24)28(39)36-23-13-18(5-6-21(23)30)22-9-12-34-26(35-22)19-7-11-33-25(15-19)37-27(38)17-3-4-17;1-2/h5-15,17H,3-4H2,1-2H3,(H,36,39)(H,33,37,38);1-2H3. The fourth-order valence-corrected chi connectivity index (χ4v) is 3.82. The number of nitriles is 1. The molecule has 0 unspecified atom stereocenters. The molecule has 5 rings (SSSR count). The number of rotatable bonds is 7. The van der Waals surface area contributed by atoms with Crippen molar-refractivity contribution in [3.63, 3.8) is 0 Å². The molecule has 1 aromatic carbocycles. The van der Waals surface area contributed by atoms with E-state index in [0.29, 0.717) is 34.2 Å². The number of benzene rings is 1. The molecule has 0 saturated heterocycles. The van der Waals surface area contributed by atoms with Crippen molar-refractivity contribution in [2.45, 2.75) is 46.0 Å². The summed E-state index contributed by atoms with van der Waals surface area (Å²) >= 11 is 0. The molecule has 1 saturated carbocycles. The number of anilines is 2. The predicted octanol–water partition coefficient (Wildman–Crippen LogP) is 6.17. The van der Waals surface area contributed by atoms with Gasteiger partial charge in [-0.25, -0.2) is 19.3 Å². The Morgan fingerprint density at radius 3 is 2.39 bits per heavy atom. The number of hydrogen-bond acceptors (Lipinski definition) is 7. The summed E-state index contributed by atoms with van der Waals surface area (Å²) < 4.78 is 14.7. The second kappa shape index (κ2) is 12.4. The molecule has 1 aliphatic rings. The van der Waals surface area contributed by atoms with Gasteiger partial charge in [-0.15, -0.1) is 0 Å². The van der Waals surface area contributed by atoms with Crippen LogP contribution >= 0.6 is 0 Å². The zero-order valence-electron chi connectivity index (χ0n) is 23.3. The van der Waals surface area contributed by atoms with Gasteiger partial charge in [0.05, 0.1) is 28.6 Å². The van der Waals surface area contributed by atoms with Crippen molar-refractivity contribution in [1.82, 2.24) is 19.9 Å². The molecule has 0 spiro atoms. The Morgan fingerprint density at radius 2 is 1.66 bits per heavy atom. The molecule has 2 amide bonds. The summed E-state index contributed by atoms with van der Waals surface area (Å²) in [6.45, 7) is 7.40. The smallest absolute Gasteiger partial charge is 0.255 e. The molecule has 4 aromatic rings. The first-order valence-electron chi connectivity index (χ1n) is 13.3. The summed E-state index contributed by atoms with van der Waals surface area (Å²) in [7, 11) is 0. The van der Waals surface area contributed by atoms with Crippen molar-refractivity contribution < 1.29 is 14.0 Å². The fourth-order valence-electron chi connectivity index (χ4n) is 3.82. The van der Waals surface area contributed by atoms with Crippen LogP contribution in [0.1, 0.15) is 56.6 Å².